The first-order valence-electron chi connectivity index (χ1n) is 11.7. The molecule has 5 aromatic carbocycles. The molecule has 0 amide bonds. The van der Waals surface area contributed by atoms with E-state index in [1.807, 2.05) is 0 Å². The maximum absolute atomic E-state index is 6.52. The van der Waals surface area contributed by atoms with Crippen LogP contribution in [0.1, 0.15) is 26.3 Å². The first kappa shape index (κ1) is 19.8. The first-order valence-corrected chi connectivity index (χ1v) is 11.7. The Kier molecular flexibility index (Phi) is 4.58. The Balaban J connectivity index is 1.59. The second-order valence-electron chi connectivity index (χ2n) is 9.13. The Morgan fingerprint density at radius 1 is 0.727 bits per heavy atom. The second kappa shape index (κ2) is 7.64. The lowest BCUT2D eigenvalue weighted by Gasteiger charge is -2.10. The fraction of sp³-hybridized carbons (Fsp3) is 0.125. The predicted molar refractivity (Wildman–Crippen MR) is 143 cm³/mol. The van der Waals surface area contributed by atoms with E-state index < -0.39 is 0 Å². The van der Waals surface area contributed by atoms with Crippen molar-refractivity contribution in [1.82, 2.24) is 0 Å². The molecule has 0 fully saturated rings. The Bertz CT molecular complexity index is 1670. The largest absolute Gasteiger partial charge is 0.455 e. The lowest BCUT2D eigenvalue weighted by atomic mass is 9.91. The summed E-state index contributed by atoms with van der Waals surface area (Å²) in [4.78, 5) is 0. The second-order valence-corrected chi connectivity index (χ2v) is 9.13. The minimum atomic E-state index is 0.501. The van der Waals surface area contributed by atoms with Crippen molar-refractivity contribution in [1.29, 1.82) is 0 Å². The molecule has 0 aliphatic rings. The smallest absolute Gasteiger partial charge is 0.143 e. The molecule has 0 unspecified atom stereocenters. The number of hydrogen-bond donors (Lipinski definition) is 0. The molecule has 0 saturated carbocycles. The summed E-state index contributed by atoms with van der Waals surface area (Å²) >= 11 is 0. The summed E-state index contributed by atoms with van der Waals surface area (Å²) in [7, 11) is 0. The van der Waals surface area contributed by atoms with Gasteiger partial charge in [-0.05, 0) is 63.2 Å². The number of hydrogen-bond acceptors (Lipinski definition) is 1. The summed E-state index contributed by atoms with van der Waals surface area (Å²) in [5.74, 6) is 0.501. The molecule has 1 heteroatoms. The summed E-state index contributed by atoms with van der Waals surface area (Å²) in [6.07, 6.45) is 6.60. The highest BCUT2D eigenvalue weighted by Gasteiger charge is 2.19. The number of rotatable bonds is 4. The highest BCUT2D eigenvalue weighted by Crippen LogP contribution is 2.45. The Morgan fingerprint density at radius 2 is 1.42 bits per heavy atom. The summed E-state index contributed by atoms with van der Waals surface area (Å²) < 4.78 is 6.52. The van der Waals surface area contributed by atoms with Crippen molar-refractivity contribution in [3.8, 4) is 11.1 Å². The Labute approximate surface area is 194 Å². The minimum absolute atomic E-state index is 0.501. The fourth-order valence-corrected chi connectivity index (χ4v) is 5.18. The van der Waals surface area contributed by atoms with Crippen LogP contribution in [0.3, 0.4) is 0 Å². The molecule has 6 aromatic rings. The van der Waals surface area contributed by atoms with Crippen LogP contribution in [0.15, 0.2) is 102 Å². The van der Waals surface area contributed by atoms with E-state index in [4.69, 9.17) is 4.42 Å². The molecular formula is C32H26O. The van der Waals surface area contributed by atoms with E-state index in [-0.39, 0.29) is 0 Å². The number of allylic oxidation sites excluding steroid dienone is 4. The predicted octanol–water partition coefficient (Wildman–Crippen LogP) is 9.61. The highest BCUT2D eigenvalue weighted by molar-refractivity contribution is 6.34. The van der Waals surface area contributed by atoms with Crippen LogP contribution in [0.5, 0.6) is 0 Å². The highest BCUT2D eigenvalue weighted by atomic mass is 16.3. The summed E-state index contributed by atoms with van der Waals surface area (Å²) in [5, 5.41) is 7.54. The fourth-order valence-electron chi connectivity index (χ4n) is 5.18. The van der Waals surface area contributed by atoms with Crippen LogP contribution in [0.25, 0.3) is 60.2 Å². The van der Waals surface area contributed by atoms with Gasteiger partial charge in [0.1, 0.15) is 11.2 Å². The van der Waals surface area contributed by atoms with Gasteiger partial charge in [0.25, 0.3) is 0 Å². The third kappa shape index (κ3) is 3.08. The topological polar surface area (TPSA) is 13.1 Å². The van der Waals surface area contributed by atoms with Crippen LogP contribution in [0.4, 0.5) is 0 Å². The van der Waals surface area contributed by atoms with Crippen molar-refractivity contribution in [3.63, 3.8) is 0 Å². The normalized spacial score (nSPS) is 13.0. The number of fused-ring (bicyclic) bond motifs is 3. The molecule has 6 rings (SSSR count). The van der Waals surface area contributed by atoms with Gasteiger partial charge in [-0.1, -0.05) is 98.8 Å². The van der Waals surface area contributed by atoms with E-state index in [1.165, 1.54) is 49.0 Å². The van der Waals surface area contributed by atoms with Crippen molar-refractivity contribution < 1.29 is 4.42 Å². The zero-order chi connectivity index (χ0) is 22.5. The van der Waals surface area contributed by atoms with Crippen molar-refractivity contribution in [2.45, 2.75) is 20.8 Å². The van der Waals surface area contributed by atoms with Crippen molar-refractivity contribution in [2.75, 3.05) is 0 Å². The van der Waals surface area contributed by atoms with Gasteiger partial charge in [0, 0.05) is 16.3 Å². The van der Waals surface area contributed by atoms with E-state index in [2.05, 4.69) is 118 Å². The van der Waals surface area contributed by atoms with Gasteiger partial charge >= 0.3 is 0 Å². The molecule has 0 aliphatic carbocycles. The molecule has 160 valence electrons. The lowest BCUT2D eigenvalue weighted by molar-refractivity contribution is 0.670. The minimum Gasteiger partial charge on any atom is -0.455 e. The quantitative estimate of drug-likeness (QED) is 0.202. The molecule has 0 spiro atoms. The summed E-state index contributed by atoms with van der Waals surface area (Å²) in [6, 6.07) is 28.4. The van der Waals surface area contributed by atoms with Crippen molar-refractivity contribution in [3.05, 3.63) is 103 Å². The van der Waals surface area contributed by atoms with Crippen LogP contribution >= 0.6 is 0 Å². The van der Waals surface area contributed by atoms with Gasteiger partial charge in [-0.15, -0.1) is 0 Å². The molecule has 0 saturated heterocycles. The molecule has 0 N–H and O–H groups in total. The Hall–Kier alpha value is -3.84. The van der Waals surface area contributed by atoms with Gasteiger partial charge in [-0.2, -0.15) is 0 Å². The van der Waals surface area contributed by atoms with Crippen LogP contribution in [0.2, 0.25) is 0 Å². The molecule has 1 aromatic heterocycles. The maximum Gasteiger partial charge on any atom is 0.143 e. The SMILES string of the molecule is C/C=C\C(=C/C(C)C)c1ccc(-c2ccc3c4ccccc4c4cccc5oc2c3c54)cc1. The van der Waals surface area contributed by atoms with E-state index in [0.717, 1.165) is 16.7 Å². The molecule has 0 aliphatic heterocycles. The molecule has 0 radical (unpaired) electrons. The van der Waals surface area contributed by atoms with Gasteiger partial charge in [0.05, 0.1) is 0 Å². The molecule has 0 atom stereocenters. The van der Waals surface area contributed by atoms with Crippen molar-refractivity contribution >= 4 is 49.1 Å². The van der Waals surface area contributed by atoms with E-state index >= 15 is 0 Å². The third-order valence-electron chi connectivity index (χ3n) is 6.54. The van der Waals surface area contributed by atoms with Crippen molar-refractivity contribution in [2.24, 2.45) is 5.92 Å². The standard InChI is InChI=1S/C32H26O/c1-4-8-23(19-20(2)3)21-13-15-22(16-14-21)24-17-18-28-26-10-6-5-9-25(26)27-11-7-12-29-30(27)31(28)32(24)33-29/h4-20H,1-3H3/b8-4-,23-19+. The maximum atomic E-state index is 6.52. The zero-order valence-corrected chi connectivity index (χ0v) is 19.2. The van der Waals surface area contributed by atoms with Crippen LogP contribution in [0, 0.1) is 5.92 Å². The summed E-state index contributed by atoms with van der Waals surface area (Å²) in [5.41, 5.74) is 6.75. The van der Waals surface area contributed by atoms with E-state index in [1.54, 1.807) is 0 Å². The molecule has 1 nitrogen and oxygen atoms in total. The average Bonchev–Trinajstić information content (AvgIpc) is 3.23. The zero-order valence-electron chi connectivity index (χ0n) is 19.2. The average molecular weight is 427 g/mol. The molecule has 1 heterocycles. The van der Waals surface area contributed by atoms with Gasteiger partial charge in [-0.3, -0.25) is 0 Å². The lowest BCUT2D eigenvalue weighted by Crippen LogP contribution is -1.87. The van der Waals surface area contributed by atoms with Crippen LogP contribution in [-0.4, -0.2) is 0 Å². The molecule has 33 heavy (non-hydrogen) atoms. The van der Waals surface area contributed by atoms with Crippen LogP contribution in [-0.2, 0) is 0 Å². The number of furan rings is 1. The molecule has 0 bridgehead atoms. The van der Waals surface area contributed by atoms with Crippen LogP contribution < -0.4 is 0 Å². The van der Waals surface area contributed by atoms with E-state index in [9.17, 15) is 0 Å². The van der Waals surface area contributed by atoms with Gasteiger partial charge in [0.15, 0.2) is 0 Å². The van der Waals surface area contributed by atoms with Gasteiger partial charge in [-0.25, -0.2) is 0 Å². The monoisotopic (exact) mass is 426 g/mol. The Morgan fingerprint density at radius 3 is 2.12 bits per heavy atom. The first-order chi connectivity index (χ1) is 16.2. The summed E-state index contributed by atoms with van der Waals surface area (Å²) in [6.45, 7) is 6.50. The van der Waals surface area contributed by atoms with Gasteiger partial charge < -0.3 is 4.42 Å². The number of benzene rings is 5. The van der Waals surface area contributed by atoms with E-state index in [0.29, 0.717) is 5.92 Å². The molecular weight excluding hydrogens is 400 g/mol. The third-order valence-corrected chi connectivity index (χ3v) is 6.54. The van der Waals surface area contributed by atoms with Gasteiger partial charge in [0.2, 0.25) is 0 Å².